The molecule has 2 N–H and O–H groups in total. The van der Waals surface area contributed by atoms with Gasteiger partial charge in [0.25, 0.3) is 0 Å². The van der Waals surface area contributed by atoms with Gasteiger partial charge in [0, 0.05) is 24.7 Å². The number of rotatable bonds is 1. The molecular weight excluding hydrogens is 152 g/mol. The molecule has 1 aliphatic heterocycles. The van der Waals surface area contributed by atoms with Crippen LogP contribution in [0.25, 0.3) is 0 Å². The van der Waals surface area contributed by atoms with Crippen molar-refractivity contribution in [3.8, 4) is 0 Å². The topological polar surface area (TPSA) is 38.5 Å². The number of hydrogen-bond acceptors (Lipinski definition) is 3. The minimum Gasteiger partial charge on any atom is -0.379 e. The van der Waals surface area contributed by atoms with Crippen molar-refractivity contribution in [2.45, 2.75) is 24.4 Å². The third-order valence-electron chi connectivity index (χ3n) is 3.76. The molecule has 68 valence electrons. The van der Waals surface area contributed by atoms with Crippen LogP contribution < -0.4 is 5.73 Å². The molecule has 3 saturated carbocycles. The molecule has 3 heteroatoms. The number of morpholine rings is 1. The quantitative estimate of drug-likeness (QED) is 0.589. The van der Waals surface area contributed by atoms with E-state index in [0.717, 1.165) is 32.2 Å². The lowest BCUT2D eigenvalue weighted by Gasteiger charge is -2.69. The van der Waals surface area contributed by atoms with Crippen molar-refractivity contribution in [3.63, 3.8) is 0 Å². The fourth-order valence-electron chi connectivity index (χ4n) is 3.05. The number of nitrogens with two attached hydrogens (primary N) is 1. The van der Waals surface area contributed by atoms with Crippen molar-refractivity contribution >= 4 is 0 Å². The van der Waals surface area contributed by atoms with Crippen LogP contribution in [0.1, 0.15) is 12.8 Å². The first kappa shape index (κ1) is 7.30. The van der Waals surface area contributed by atoms with Gasteiger partial charge in [0.15, 0.2) is 0 Å². The molecule has 1 unspecified atom stereocenters. The maximum absolute atomic E-state index is 6.18. The normalized spacial score (nSPS) is 52.8. The van der Waals surface area contributed by atoms with E-state index in [1.54, 1.807) is 0 Å². The molecule has 2 bridgehead atoms. The Balaban J connectivity index is 1.66. The summed E-state index contributed by atoms with van der Waals surface area (Å²) in [6.45, 7) is 4.00. The van der Waals surface area contributed by atoms with Crippen LogP contribution in [0, 0.1) is 5.92 Å². The van der Waals surface area contributed by atoms with E-state index in [9.17, 15) is 0 Å². The molecular formula is C9H16N2O. The summed E-state index contributed by atoms with van der Waals surface area (Å²) in [5.74, 6) is 0.924. The van der Waals surface area contributed by atoms with Crippen molar-refractivity contribution in [1.82, 2.24) is 4.90 Å². The monoisotopic (exact) mass is 168 g/mol. The van der Waals surface area contributed by atoms with E-state index in [0.29, 0.717) is 6.04 Å². The molecule has 4 rings (SSSR count). The van der Waals surface area contributed by atoms with Gasteiger partial charge >= 0.3 is 0 Å². The second-order valence-electron chi connectivity index (χ2n) is 4.49. The third kappa shape index (κ3) is 0.767. The van der Waals surface area contributed by atoms with Gasteiger partial charge in [0.05, 0.1) is 13.2 Å². The standard InChI is InChI=1S/C9H16N2O/c10-9-5-7(6-9)8(9)11-1-3-12-4-2-11/h7-8H,1-6,10H2. The summed E-state index contributed by atoms with van der Waals surface area (Å²) in [5.41, 5.74) is 6.39. The molecule has 0 radical (unpaired) electrons. The van der Waals surface area contributed by atoms with Gasteiger partial charge in [-0.15, -0.1) is 0 Å². The molecule has 0 amide bonds. The second-order valence-corrected chi connectivity index (χ2v) is 4.49. The van der Waals surface area contributed by atoms with E-state index < -0.39 is 0 Å². The average Bonchev–Trinajstić information content (AvgIpc) is 2.02. The van der Waals surface area contributed by atoms with E-state index in [1.807, 2.05) is 0 Å². The van der Waals surface area contributed by atoms with E-state index in [4.69, 9.17) is 10.5 Å². The highest BCUT2D eigenvalue weighted by Gasteiger charge is 2.64. The largest absolute Gasteiger partial charge is 0.379 e. The molecule has 0 aromatic rings. The molecule has 1 atom stereocenters. The van der Waals surface area contributed by atoms with Crippen LogP contribution in [0.5, 0.6) is 0 Å². The first-order chi connectivity index (χ1) is 5.80. The highest BCUT2D eigenvalue weighted by Crippen LogP contribution is 2.57. The lowest BCUT2D eigenvalue weighted by molar-refractivity contribution is -0.155. The minimum absolute atomic E-state index is 0.210. The Morgan fingerprint density at radius 3 is 2.33 bits per heavy atom. The predicted molar refractivity (Wildman–Crippen MR) is 45.8 cm³/mol. The molecule has 3 aliphatic carbocycles. The van der Waals surface area contributed by atoms with Crippen molar-refractivity contribution in [2.24, 2.45) is 11.7 Å². The second kappa shape index (κ2) is 2.22. The zero-order chi connectivity index (χ0) is 8.18. The Morgan fingerprint density at radius 2 is 1.92 bits per heavy atom. The van der Waals surface area contributed by atoms with E-state index in [-0.39, 0.29) is 5.54 Å². The Hall–Kier alpha value is -0.120. The van der Waals surface area contributed by atoms with Crippen LogP contribution >= 0.6 is 0 Å². The average molecular weight is 168 g/mol. The van der Waals surface area contributed by atoms with Crippen molar-refractivity contribution in [2.75, 3.05) is 26.3 Å². The van der Waals surface area contributed by atoms with E-state index >= 15 is 0 Å². The highest BCUT2D eigenvalue weighted by molar-refractivity contribution is 5.23. The van der Waals surface area contributed by atoms with Gasteiger partial charge < -0.3 is 10.5 Å². The first-order valence-corrected chi connectivity index (χ1v) is 4.90. The lowest BCUT2D eigenvalue weighted by Crippen LogP contribution is -2.81. The van der Waals surface area contributed by atoms with Gasteiger partial charge in [-0.25, -0.2) is 0 Å². The Morgan fingerprint density at radius 1 is 1.25 bits per heavy atom. The molecule has 0 aromatic heterocycles. The summed E-state index contributed by atoms with van der Waals surface area (Å²) in [5, 5.41) is 0. The number of hydrogen-bond donors (Lipinski definition) is 1. The van der Waals surface area contributed by atoms with Gasteiger partial charge in [-0.05, 0) is 18.8 Å². The van der Waals surface area contributed by atoms with Gasteiger partial charge in [-0.3, -0.25) is 4.90 Å². The summed E-state index contributed by atoms with van der Waals surface area (Å²) in [6.07, 6.45) is 2.55. The van der Waals surface area contributed by atoms with Gasteiger partial charge in [-0.1, -0.05) is 0 Å². The predicted octanol–water partition coefficient (Wildman–Crippen LogP) is -0.192. The molecule has 3 nitrogen and oxygen atoms in total. The van der Waals surface area contributed by atoms with Crippen LogP contribution in [-0.2, 0) is 4.74 Å². The zero-order valence-corrected chi connectivity index (χ0v) is 7.33. The van der Waals surface area contributed by atoms with E-state index in [2.05, 4.69) is 4.90 Å². The summed E-state index contributed by atoms with van der Waals surface area (Å²) in [7, 11) is 0. The molecule has 4 aliphatic rings. The maximum atomic E-state index is 6.18. The fourth-order valence-corrected chi connectivity index (χ4v) is 3.05. The summed E-state index contributed by atoms with van der Waals surface area (Å²) < 4.78 is 5.32. The maximum Gasteiger partial charge on any atom is 0.0594 e. The number of ether oxygens (including phenoxy) is 1. The number of nitrogens with zero attached hydrogens (tertiary/aromatic N) is 1. The molecule has 4 fully saturated rings. The molecule has 12 heavy (non-hydrogen) atoms. The Kier molecular flexibility index (Phi) is 1.35. The van der Waals surface area contributed by atoms with Gasteiger partial charge in [0.1, 0.15) is 0 Å². The smallest absolute Gasteiger partial charge is 0.0594 e. The van der Waals surface area contributed by atoms with Crippen LogP contribution in [0.3, 0.4) is 0 Å². The van der Waals surface area contributed by atoms with Crippen LogP contribution in [-0.4, -0.2) is 42.8 Å². The van der Waals surface area contributed by atoms with Crippen molar-refractivity contribution in [1.29, 1.82) is 0 Å². The lowest BCUT2D eigenvalue weighted by atomic mass is 9.46. The Labute approximate surface area is 72.9 Å². The molecule has 1 heterocycles. The third-order valence-corrected chi connectivity index (χ3v) is 3.76. The van der Waals surface area contributed by atoms with Crippen LogP contribution in [0.4, 0.5) is 0 Å². The highest BCUT2D eigenvalue weighted by atomic mass is 16.5. The Bertz CT molecular complexity index is 195. The SMILES string of the molecule is NC12CC(C1)C2N1CCOCC1. The van der Waals surface area contributed by atoms with Crippen molar-refractivity contribution in [3.05, 3.63) is 0 Å². The van der Waals surface area contributed by atoms with Crippen molar-refractivity contribution < 1.29 is 4.74 Å². The van der Waals surface area contributed by atoms with Gasteiger partial charge in [-0.2, -0.15) is 0 Å². The summed E-state index contributed by atoms with van der Waals surface area (Å²) in [6, 6.07) is 0.710. The first-order valence-electron chi connectivity index (χ1n) is 4.90. The summed E-state index contributed by atoms with van der Waals surface area (Å²) in [4.78, 5) is 2.53. The minimum atomic E-state index is 0.210. The fraction of sp³-hybridized carbons (Fsp3) is 1.00. The molecule has 0 aromatic carbocycles. The molecule has 0 spiro atoms. The van der Waals surface area contributed by atoms with Crippen LogP contribution in [0.2, 0.25) is 0 Å². The van der Waals surface area contributed by atoms with Crippen LogP contribution in [0.15, 0.2) is 0 Å². The zero-order valence-electron chi connectivity index (χ0n) is 7.33. The molecule has 1 saturated heterocycles. The van der Waals surface area contributed by atoms with Gasteiger partial charge in [0.2, 0.25) is 0 Å². The summed E-state index contributed by atoms with van der Waals surface area (Å²) >= 11 is 0. The van der Waals surface area contributed by atoms with E-state index in [1.165, 1.54) is 12.8 Å².